The van der Waals surface area contributed by atoms with Crippen LogP contribution in [0.5, 0.6) is 5.88 Å². The van der Waals surface area contributed by atoms with Crippen LogP contribution in [0.1, 0.15) is 57.1 Å². The molecule has 2 aliphatic heterocycles. The lowest BCUT2D eigenvalue weighted by Crippen LogP contribution is -2.60. The first kappa shape index (κ1) is 21.9. The van der Waals surface area contributed by atoms with Crippen molar-refractivity contribution in [3.05, 3.63) is 17.8 Å². The Morgan fingerprint density at radius 1 is 1.18 bits per heavy atom. The van der Waals surface area contributed by atoms with E-state index in [1.54, 1.807) is 19.2 Å². The topological polar surface area (TPSA) is 119 Å². The van der Waals surface area contributed by atoms with Crippen molar-refractivity contribution in [1.82, 2.24) is 25.1 Å². The summed E-state index contributed by atoms with van der Waals surface area (Å²) in [6.45, 7) is -0.111. The largest absolute Gasteiger partial charge is 0.481 e. The van der Waals surface area contributed by atoms with Crippen molar-refractivity contribution in [2.75, 3.05) is 24.4 Å². The molecular formula is C23H33N7O3. The highest BCUT2D eigenvalue weighted by Crippen LogP contribution is 2.40. The zero-order chi connectivity index (χ0) is 22.9. The van der Waals surface area contributed by atoms with Crippen LogP contribution in [0.25, 0.3) is 0 Å². The van der Waals surface area contributed by atoms with E-state index in [4.69, 9.17) is 9.72 Å². The van der Waals surface area contributed by atoms with Gasteiger partial charge in [-0.2, -0.15) is 15.1 Å². The third-order valence-corrected chi connectivity index (χ3v) is 7.48. The Morgan fingerprint density at radius 3 is 2.52 bits per heavy atom. The zero-order valence-corrected chi connectivity index (χ0v) is 19.3. The maximum absolute atomic E-state index is 13.1. The van der Waals surface area contributed by atoms with Gasteiger partial charge in [0.05, 0.1) is 19.4 Å². The summed E-state index contributed by atoms with van der Waals surface area (Å²) in [6, 6.07) is 4.33. The highest BCUT2D eigenvalue weighted by atomic mass is 16.5. The first-order chi connectivity index (χ1) is 16.1. The number of aromatic amines is 1. The Bertz CT molecular complexity index is 978. The lowest BCUT2D eigenvalue weighted by molar-refractivity contribution is -0.148. The number of methoxy groups -OCH3 is 1. The molecule has 0 radical (unpaired) electrons. The molecule has 1 unspecified atom stereocenters. The van der Waals surface area contributed by atoms with E-state index in [9.17, 15) is 9.90 Å². The fourth-order valence-electron chi connectivity index (χ4n) is 5.44. The number of hydrogen-bond acceptors (Lipinski definition) is 8. The summed E-state index contributed by atoms with van der Waals surface area (Å²) in [6.07, 6.45) is 8.54. The predicted octanol–water partition coefficient (Wildman–Crippen LogP) is 2.59. The number of fused-ring (bicyclic) bond motifs is 2. The number of aromatic nitrogens is 4. The molecular weight excluding hydrogens is 422 g/mol. The fraction of sp³-hybridized carbons (Fsp3) is 0.652. The fourth-order valence-corrected chi connectivity index (χ4v) is 5.44. The Hall–Kier alpha value is -2.88. The minimum atomic E-state index is -0.111. The molecule has 1 saturated carbocycles. The summed E-state index contributed by atoms with van der Waals surface area (Å²) in [5.41, 5.74) is 0.616. The molecule has 2 aromatic heterocycles. The standard InChI is InChI=1S/C23H33N7O3/c1-29(18-10-16-7-4-8-17(11-18)30(16)22(32)14-5-3-6-14)23-25-19(12-21(26-23)33-2)24-20-9-15(13-31)27-28-20/h9,12,14,16-18,31H,3-8,10-11,13H2,1-2H3,(H2,24,25,26,27,28)/t16-,17+,18?. The van der Waals surface area contributed by atoms with E-state index in [-0.39, 0.29) is 18.6 Å². The molecule has 2 saturated heterocycles. The number of amides is 1. The molecule has 5 rings (SSSR count). The van der Waals surface area contributed by atoms with Gasteiger partial charge < -0.3 is 25.0 Å². The van der Waals surface area contributed by atoms with Crippen LogP contribution in [0.3, 0.4) is 0 Å². The maximum Gasteiger partial charge on any atom is 0.230 e. The van der Waals surface area contributed by atoms with Gasteiger partial charge in [0.15, 0.2) is 5.82 Å². The van der Waals surface area contributed by atoms with Crippen LogP contribution < -0.4 is 15.0 Å². The minimum Gasteiger partial charge on any atom is -0.481 e. The molecule has 3 aliphatic rings. The van der Waals surface area contributed by atoms with Crippen molar-refractivity contribution in [2.45, 2.75) is 76.1 Å². The quantitative estimate of drug-likeness (QED) is 0.583. The SMILES string of the molecule is COc1cc(Nc2cc(CO)[nH]n2)nc(N(C)C2C[C@H]3CCC[C@@H](C2)N3C(=O)C2CCC2)n1. The van der Waals surface area contributed by atoms with Gasteiger partial charge in [-0.15, -0.1) is 0 Å². The summed E-state index contributed by atoms with van der Waals surface area (Å²) in [5, 5.41) is 19.3. The molecule has 10 nitrogen and oxygen atoms in total. The second-order valence-electron chi connectivity index (χ2n) is 9.51. The number of aliphatic hydroxyl groups excluding tert-OH is 1. The van der Waals surface area contributed by atoms with Gasteiger partial charge in [0.1, 0.15) is 5.82 Å². The van der Waals surface area contributed by atoms with Crippen molar-refractivity contribution in [3.8, 4) is 5.88 Å². The zero-order valence-electron chi connectivity index (χ0n) is 19.3. The van der Waals surface area contributed by atoms with Gasteiger partial charge in [0.2, 0.25) is 17.7 Å². The Balaban J connectivity index is 1.33. The summed E-state index contributed by atoms with van der Waals surface area (Å²) in [4.78, 5) is 26.8. The molecule has 3 atom stereocenters. The number of rotatable bonds is 7. The number of aliphatic hydroxyl groups is 1. The average molecular weight is 456 g/mol. The number of piperidine rings is 2. The number of hydrogen-bond donors (Lipinski definition) is 3. The summed E-state index contributed by atoms with van der Waals surface area (Å²) in [5.74, 6) is 2.82. The molecule has 1 amide bonds. The van der Waals surface area contributed by atoms with Crippen molar-refractivity contribution < 1.29 is 14.6 Å². The highest BCUT2D eigenvalue weighted by molar-refractivity contribution is 5.80. The summed E-state index contributed by atoms with van der Waals surface area (Å²) in [7, 11) is 3.62. The van der Waals surface area contributed by atoms with Crippen LogP contribution in [0.2, 0.25) is 0 Å². The monoisotopic (exact) mass is 455 g/mol. The van der Waals surface area contributed by atoms with Gasteiger partial charge in [-0.25, -0.2) is 0 Å². The number of ether oxygens (including phenoxy) is 1. The van der Waals surface area contributed by atoms with Gasteiger partial charge in [0, 0.05) is 43.2 Å². The van der Waals surface area contributed by atoms with Crippen molar-refractivity contribution >= 4 is 23.5 Å². The number of H-pyrrole nitrogens is 1. The van der Waals surface area contributed by atoms with E-state index >= 15 is 0 Å². The molecule has 3 N–H and O–H groups in total. The van der Waals surface area contributed by atoms with E-state index in [0.29, 0.717) is 47.1 Å². The molecule has 2 aromatic rings. The van der Waals surface area contributed by atoms with E-state index in [0.717, 1.165) is 38.5 Å². The number of nitrogens with one attached hydrogen (secondary N) is 2. The van der Waals surface area contributed by atoms with Gasteiger partial charge >= 0.3 is 0 Å². The van der Waals surface area contributed by atoms with Gasteiger partial charge in [-0.1, -0.05) is 6.42 Å². The Kier molecular flexibility index (Phi) is 6.09. The molecule has 0 spiro atoms. The first-order valence-electron chi connectivity index (χ1n) is 12.0. The van der Waals surface area contributed by atoms with Crippen LogP contribution >= 0.6 is 0 Å². The normalized spacial score (nSPS) is 24.8. The first-order valence-corrected chi connectivity index (χ1v) is 12.0. The lowest BCUT2D eigenvalue weighted by atomic mass is 9.77. The van der Waals surface area contributed by atoms with Crippen LogP contribution in [0, 0.1) is 5.92 Å². The predicted molar refractivity (Wildman–Crippen MR) is 123 cm³/mol. The molecule has 1 aliphatic carbocycles. The third kappa shape index (κ3) is 4.36. The highest BCUT2D eigenvalue weighted by Gasteiger charge is 2.44. The smallest absolute Gasteiger partial charge is 0.230 e. The van der Waals surface area contributed by atoms with Crippen molar-refractivity contribution in [1.29, 1.82) is 0 Å². The van der Waals surface area contributed by atoms with Crippen LogP contribution in [0.15, 0.2) is 12.1 Å². The molecule has 4 heterocycles. The second-order valence-corrected chi connectivity index (χ2v) is 9.51. The Labute approximate surface area is 193 Å². The van der Waals surface area contributed by atoms with Crippen molar-refractivity contribution in [3.63, 3.8) is 0 Å². The molecule has 2 bridgehead atoms. The second kappa shape index (κ2) is 9.17. The number of anilines is 3. The Morgan fingerprint density at radius 2 is 1.91 bits per heavy atom. The summed E-state index contributed by atoms with van der Waals surface area (Å²) >= 11 is 0. The minimum absolute atomic E-state index is 0.111. The van der Waals surface area contributed by atoms with E-state index in [1.165, 1.54) is 12.8 Å². The van der Waals surface area contributed by atoms with Crippen LogP contribution in [-0.2, 0) is 11.4 Å². The average Bonchev–Trinajstić information content (AvgIpc) is 3.23. The van der Waals surface area contributed by atoms with Crippen molar-refractivity contribution in [2.24, 2.45) is 5.92 Å². The number of carbonyl (C=O) groups is 1. The molecule has 3 fully saturated rings. The van der Waals surface area contributed by atoms with Gasteiger partial charge in [-0.3, -0.25) is 9.89 Å². The molecule has 33 heavy (non-hydrogen) atoms. The third-order valence-electron chi connectivity index (χ3n) is 7.48. The molecule has 10 heteroatoms. The van der Waals surface area contributed by atoms with E-state index in [1.807, 2.05) is 7.05 Å². The number of nitrogens with zero attached hydrogens (tertiary/aromatic N) is 5. The maximum atomic E-state index is 13.1. The lowest BCUT2D eigenvalue weighted by Gasteiger charge is -2.52. The van der Waals surface area contributed by atoms with Gasteiger partial charge in [0.25, 0.3) is 0 Å². The van der Waals surface area contributed by atoms with E-state index < -0.39 is 0 Å². The molecule has 0 aromatic carbocycles. The van der Waals surface area contributed by atoms with Gasteiger partial charge in [-0.05, 0) is 44.9 Å². The van der Waals surface area contributed by atoms with Crippen LogP contribution in [-0.4, -0.2) is 68.4 Å². The summed E-state index contributed by atoms with van der Waals surface area (Å²) < 4.78 is 5.43. The van der Waals surface area contributed by atoms with E-state index in [2.05, 4.69) is 30.3 Å². The number of carbonyl (C=O) groups excluding carboxylic acids is 1. The van der Waals surface area contributed by atoms with Crippen LogP contribution in [0.4, 0.5) is 17.6 Å². The molecule has 178 valence electrons.